The van der Waals surface area contributed by atoms with Crippen molar-refractivity contribution in [2.75, 3.05) is 0 Å². The molecule has 1 nitrogen and oxygen atoms in total. The van der Waals surface area contributed by atoms with E-state index in [1.165, 1.54) is 4.90 Å². The van der Waals surface area contributed by atoms with Gasteiger partial charge in [0.15, 0.2) is 0 Å². The summed E-state index contributed by atoms with van der Waals surface area (Å²) < 4.78 is 1.26. The molecular formula is C12H17BrOS. The largest absolute Gasteiger partial charge is 0.389 e. The lowest BCUT2D eigenvalue weighted by Crippen LogP contribution is -2.06. The number of benzene rings is 1. The third-order valence-electron chi connectivity index (χ3n) is 1.85. The highest BCUT2D eigenvalue weighted by molar-refractivity contribution is 9.10. The van der Waals surface area contributed by atoms with E-state index in [9.17, 15) is 5.11 Å². The van der Waals surface area contributed by atoms with Gasteiger partial charge in [-0.2, -0.15) is 0 Å². The van der Waals surface area contributed by atoms with Crippen LogP contribution in [-0.4, -0.2) is 9.85 Å². The Hall–Kier alpha value is 0.01000. The zero-order chi connectivity index (χ0) is 11.6. The van der Waals surface area contributed by atoms with Crippen LogP contribution in [0.2, 0.25) is 0 Å². The van der Waals surface area contributed by atoms with Gasteiger partial charge in [-0.15, -0.1) is 11.8 Å². The van der Waals surface area contributed by atoms with Gasteiger partial charge in [-0.05, 0) is 40.5 Å². The Balaban J connectivity index is 2.94. The zero-order valence-corrected chi connectivity index (χ0v) is 11.9. The second kappa shape index (κ2) is 4.89. The summed E-state index contributed by atoms with van der Waals surface area (Å²) in [6.07, 6.45) is -0.407. The minimum atomic E-state index is -0.407. The lowest BCUT2D eigenvalue weighted by molar-refractivity contribution is 0.199. The Bertz CT molecular complexity index is 342. The van der Waals surface area contributed by atoms with Gasteiger partial charge in [-0.25, -0.2) is 0 Å². The molecule has 0 heterocycles. The van der Waals surface area contributed by atoms with Gasteiger partial charge >= 0.3 is 0 Å². The molecule has 1 rings (SSSR count). The van der Waals surface area contributed by atoms with E-state index in [1.54, 1.807) is 6.92 Å². The molecule has 0 aromatic heterocycles. The van der Waals surface area contributed by atoms with E-state index >= 15 is 0 Å². The highest BCUT2D eigenvalue weighted by Gasteiger charge is 2.14. The molecule has 1 unspecified atom stereocenters. The van der Waals surface area contributed by atoms with Crippen LogP contribution in [0.1, 0.15) is 39.4 Å². The first-order valence-corrected chi connectivity index (χ1v) is 6.57. The lowest BCUT2D eigenvalue weighted by Gasteiger charge is -2.19. The number of hydrogen-bond acceptors (Lipinski definition) is 2. The Morgan fingerprint density at radius 2 is 1.93 bits per heavy atom. The molecular weight excluding hydrogens is 272 g/mol. The fourth-order valence-corrected chi connectivity index (χ4v) is 2.78. The molecule has 3 heteroatoms. The van der Waals surface area contributed by atoms with Gasteiger partial charge in [0.1, 0.15) is 0 Å². The standard InChI is InChI=1S/C12H17BrOS/c1-8(14)9-5-6-11(10(13)7-9)15-12(2,3)4/h5-8,14H,1-4H3. The van der Waals surface area contributed by atoms with Crippen molar-refractivity contribution in [3.05, 3.63) is 28.2 Å². The molecule has 0 spiro atoms. The van der Waals surface area contributed by atoms with Gasteiger partial charge in [0.25, 0.3) is 0 Å². The van der Waals surface area contributed by atoms with Crippen molar-refractivity contribution in [3.63, 3.8) is 0 Å². The molecule has 84 valence electrons. The van der Waals surface area contributed by atoms with Crippen LogP contribution in [0.25, 0.3) is 0 Å². The first-order chi connectivity index (χ1) is 6.79. The quantitative estimate of drug-likeness (QED) is 0.815. The van der Waals surface area contributed by atoms with E-state index in [4.69, 9.17) is 0 Å². The van der Waals surface area contributed by atoms with Gasteiger partial charge in [0, 0.05) is 14.1 Å². The van der Waals surface area contributed by atoms with Crippen LogP contribution in [0.5, 0.6) is 0 Å². The summed E-state index contributed by atoms with van der Waals surface area (Å²) >= 11 is 5.36. The Morgan fingerprint density at radius 3 is 2.33 bits per heavy atom. The smallest absolute Gasteiger partial charge is 0.0762 e. The number of thioether (sulfide) groups is 1. The van der Waals surface area contributed by atoms with Gasteiger partial charge < -0.3 is 5.11 Å². The van der Waals surface area contributed by atoms with Crippen molar-refractivity contribution in [2.24, 2.45) is 0 Å². The van der Waals surface area contributed by atoms with Crippen LogP contribution in [-0.2, 0) is 0 Å². The predicted octanol–water partition coefficient (Wildman–Crippen LogP) is 4.39. The van der Waals surface area contributed by atoms with Crippen molar-refractivity contribution < 1.29 is 5.11 Å². The molecule has 0 aliphatic rings. The topological polar surface area (TPSA) is 20.2 Å². The van der Waals surface area contributed by atoms with Crippen LogP contribution in [0.4, 0.5) is 0 Å². The summed E-state index contributed by atoms with van der Waals surface area (Å²) in [5, 5.41) is 9.44. The van der Waals surface area contributed by atoms with Crippen LogP contribution in [0.3, 0.4) is 0 Å². The van der Waals surface area contributed by atoms with Gasteiger partial charge in [0.2, 0.25) is 0 Å². The van der Waals surface area contributed by atoms with E-state index in [2.05, 4.69) is 42.8 Å². The third kappa shape index (κ3) is 4.17. The second-order valence-electron chi connectivity index (χ2n) is 4.58. The summed E-state index contributed by atoms with van der Waals surface area (Å²) in [7, 11) is 0. The molecule has 0 bridgehead atoms. The molecule has 1 aromatic carbocycles. The molecule has 0 amide bonds. The van der Waals surface area contributed by atoms with Crippen molar-refractivity contribution in [3.8, 4) is 0 Å². The molecule has 0 aliphatic carbocycles. The summed E-state index contributed by atoms with van der Waals surface area (Å²) in [6, 6.07) is 6.02. The van der Waals surface area contributed by atoms with Gasteiger partial charge in [-0.3, -0.25) is 0 Å². The third-order valence-corrected chi connectivity index (χ3v) is 3.96. The molecule has 15 heavy (non-hydrogen) atoms. The normalized spacial score (nSPS) is 14.0. The lowest BCUT2D eigenvalue weighted by atomic mass is 10.1. The SMILES string of the molecule is CC(O)c1ccc(SC(C)(C)C)c(Br)c1. The first-order valence-electron chi connectivity index (χ1n) is 4.96. The van der Waals surface area contributed by atoms with E-state index in [0.717, 1.165) is 10.0 Å². The maximum Gasteiger partial charge on any atom is 0.0762 e. The number of hydrogen-bond donors (Lipinski definition) is 1. The summed E-state index contributed by atoms with van der Waals surface area (Å²) in [5.41, 5.74) is 0.945. The Kier molecular flexibility index (Phi) is 4.27. The first kappa shape index (κ1) is 13.1. The van der Waals surface area contributed by atoms with Crippen molar-refractivity contribution >= 4 is 27.7 Å². The van der Waals surface area contributed by atoms with E-state index in [0.29, 0.717) is 0 Å². The van der Waals surface area contributed by atoms with Crippen LogP contribution in [0, 0.1) is 0 Å². The monoisotopic (exact) mass is 288 g/mol. The molecule has 0 saturated heterocycles. The number of halogens is 1. The van der Waals surface area contributed by atoms with E-state index < -0.39 is 6.10 Å². The van der Waals surface area contributed by atoms with Crippen LogP contribution >= 0.6 is 27.7 Å². The minimum Gasteiger partial charge on any atom is -0.389 e. The maximum absolute atomic E-state index is 9.44. The summed E-state index contributed by atoms with van der Waals surface area (Å²) in [4.78, 5) is 1.21. The van der Waals surface area contributed by atoms with Crippen LogP contribution < -0.4 is 0 Å². The van der Waals surface area contributed by atoms with E-state index in [-0.39, 0.29) is 4.75 Å². The summed E-state index contributed by atoms with van der Waals surface area (Å²) in [5.74, 6) is 0. The fourth-order valence-electron chi connectivity index (χ4n) is 1.19. The highest BCUT2D eigenvalue weighted by atomic mass is 79.9. The number of rotatable bonds is 2. The molecule has 0 fully saturated rings. The fraction of sp³-hybridized carbons (Fsp3) is 0.500. The Morgan fingerprint density at radius 1 is 1.33 bits per heavy atom. The van der Waals surface area contributed by atoms with Gasteiger partial charge in [0.05, 0.1) is 6.10 Å². The second-order valence-corrected chi connectivity index (χ2v) is 7.30. The van der Waals surface area contributed by atoms with Crippen LogP contribution in [0.15, 0.2) is 27.6 Å². The molecule has 1 aromatic rings. The minimum absolute atomic E-state index is 0.203. The average molecular weight is 289 g/mol. The Labute approximate surface area is 104 Å². The highest BCUT2D eigenvalue weighted by Crippen LogP contribution is 2.37. The molecule has 0 radical (unpaired) electrons. The van der Waals surface area contributed by atoms with Crippen molar-refractivity contribution in [2.45, 2.75) is 43.4 Å². The van der Waals surface area contributed by atoms with Crippen molar-refractivity contribution in [1.82, 2.24) is 0 Å². The maximum atomic E-state index is 9.44. The molecule has 1 N–H and O–H groups in total. The van der Waals surface area contributed by atoms with Gasteiger partial charge in [-0.1, -0.05) is 26.8 Å². The zero-order valence-electron chi connectivity index (χ0n) is 9.54. The summed E-state index contributed by atoms with van der Waals surface area (Å²) in [6.45, 7) is 8.34. The number of aliphatic hydroxyl groups excluding tert-OH is 1. The molecule has 0 aliphatic heterocycles. The molecule has 0 saturated carbocycles. The number of aliphatic hydroxyl groups is 1. The molecule has 1 atom stereocenters. The van der Waals surface area contributed by atoms with Crippen molar-refractivity contribution in [1.29, 1.82) is 0 Å². The predicted molar refractivity (Wildman–Crippen MR) is 70.4 cm³/mol. The average Bonchev–Trinajstić information content (AvgIpc) is 2.05. The van der Waals surface area contributed by atoms with E-state index in [1.807, 2.05) is 23.9 Å².